The topological polar surface area (TPSA) is 127 Å². The highest BCUT2D eigenvalue weighted by atomic mass is 16.5. The number of methoxy groups -OCH3 is 1. The van der Waals surface area contributed by atoms with Gasteiger partial charge < -0.3 is 26.8 Å². The summed E-state index contributed by atoms with van der Waals surface area (Å²) in [5.74, 6) is -0.162. The molecule has 24 heavy (non-hydrogen) atoms. The number of carbonyl (C=O) groups is 1. The van der Waals surface area contributed by atoms with Gasteiger partial charge in [0.2, 0.25) is 0 Å². The molecule has 130 valence electrons. The van der Waals surface area contributed by atoms with E-state index in [4.69, 9.17) is 16.2 Å². The van der Waals surface area contributed by atoms with Gasteiger partial charge in [-0.1, -0.05) is 12.1 Å². The number of primary amides is 1. The molecular formula is C16H24N6O2. The summed E-state index contributed by atoms with van der Waals surface area (Å²) in [5.41, 5.74) is 13.3. The van der Waals surface area contributed by atoms with Crippen molar-refractivity contribution < 1.29 is 9.53 Å². The molecule has 1 aromatic carbocycles. The second-order valence-corrected chi connectivity index (χ2v) is 5.52. The standard InChI is InChI=1S/C16H24N6O2/c1-10-4-3-5-11(6-10)20-15-13(14(18)23)8-19-16(22-15)21-12(7-17)9-24-2/h3-6,8,12,16,19,21H,7,9,17H2,1-2H3,(H2,18,23)(H,20,22)/t12-,16?/m0/s1. The fraction of sp³-hybridized carbons (Fsp3) is 0.375. The number of nitrogens with two attached hydrogens (primary N) is 2. The molecule has 7 N–H and O–H groups in total. The third-order valence-electron chi connectivity index (χ3n) is 3.49. The second kappa shape index (κ2) is 8.44. The van der Waals surface area contributed by atoms with Crippen LogP contribution in [0.4, 0.5) is 5.69 Å². The van der Waals surface area contributed by atoms with Gasteiger partial charge in [-0.25, -0.2) is 4.99 Å². The summed E-state index contributed by atoms with van der Waals surface area (Å²) in [6.07, 6.45) is 1.11. The molecule has 8 nitrogen and oxygen atoms in total. The van der Waals surface area contributed by atoms with E-state index in [0.717, 1.165) is 11.3 Å². The van der Waals surface area contributed by atoms with E-state index in [-0.39, 0.29) is 11.6 Å². The Morgan fingerprint density at radius 3 is 2.92 bits per heavy atom. The van der Waals surface area contributed by atoms with Crippen molar-refractivity contribution in [1.29, 1.82) is 0 Å². The molecule has 1 heterocycles. The van der Waals surface area contributed by atoms with Crippen LogP contribution in [0.15, 0.2) is 41.0 Å². The predicted molar refractivity (Wildman–Crippen MR) is 94.3 cm³/mol. The molecule has 1 amide bonds. The van der Waals surface area contributed by atoms with Crippen molar-refractivity contribution in [2.24, 2.45) is 16.5 Å². The van der Waals surface area contributed by atoms with Crippen LogP contribution in [-0.2, 0) is 9.53 Å². The molecule has 2 atom stereocenters. The van der Waals surface area contributed by atoms with Gasteiger partial charge in [0.25, 0.3) is 5.91 Å². The average molecular weight is 332 g/mol. The number of amidine groups is 1. The van der Waals surface area contributed by atoms with Crippen LogP contribution < -0.4 is 27.4 Å². The predicted octanol–water partition coefficient (Wildman–Crippen LogP) is -0.375. The van der Waals surface area contributed by atoms with Crippen molar-refractivity contribution in [3.8, 4) is 0 Å². The molecule has 1 aromatic rings. The number of rotatable bonds is 7. The molecule has 0 bridgehead atoms. The lowest BCUT2D eigenvalue weighted by atomic mass is 10.2. The number of anilines is 1. The summed E-state index contributed by atoms with van der Waals surface area (Å²) in [6.45, 7) is 2.84. The van der Waals surface area contributed by atoms with Crippen molar-refractivity contribution in [3.63, 3.8) is 0 Å². The smallest absolute Gasteiger partial charge is 0.253 e. The van der Waals surface area contributed by atoms with Crippen molar-refractivity contribution in [2.75, 3.05) is 25.6 Å². The van der Waals surface area contributed by atoms with Gasteiger partial charge >= 0.3 is 0 Å². The molecule has 0 aromatic heterocycles. The fourth-order valence-corrected chi connectivity index (χ4v) is 2.31. The van der Waals surface area contributed by atoms with Crippen molar-refractivity contribution in [2.45, 2.75) is 19.3 Å². The zero-order valence-electron chi connectivity index (χ0n) is 13.9. The minimum absolute atomic E-state index is 0.0694. The molecule has 0 fully saturated rings. The highest BCUT2D eigenvalue weighted by Crippen LogP contribution is 2.13. The Kier molecular flexibility index (Phi) is 6.30. The number of benzene rings is 1. The van der Waals surface area contributed by atoms with Gasteiger partial charge in [0.15, 0.2) is 6.29 Å². The zero-order valence-corrected chi connectivity index (χ0v) is 13.9. The van der Waals surface area contributed by atoms with Crippen LogP contribution in [-0.4, -0.2) is 44.3 Å². The number of nitrogens with one attached hydrogen (secondary N) is 3. The number of amides is 1. The molecular weight excluding hydrogens is 308 g/mol. The fourth-order valence-electron chi connectivity index (χ4n) is 2.31. The molecule has 0 radical (unpaired) electrons. The van der Waals surface area contributed by atoms with Gasteiger partial charge in [0, 0.05) is 31.6 Å². The summed E-state index contributed by atoms with van der Waals surface area (Å²) in [6, 6.07) is 7.69. The summed E-state index contributed by atoms with van der Waals surface area (Å²) in [4.78, 5) is 16.1. The molecule has 1 unspecified atom stereocenters. The molecule has 0 spiro atoms. The van der Waals surface area contributed by atoms with E-state index < -0.39 is 12.2 Å². The minimum Gasteiger partial charge on any atom is -0.383 e. The number of carbonyl (C=O) groups excluding carboxylic acids is 1. The summed E-state index contributed by atoms with van der Waals surface area (Å²) in [7, 11) is 1.61. The van der Waals surface area contributed by atoms with Crippen LogP contribution in [0.2, 0.25) is 0 Å². The van der Waals surface area contributed by atoms with Crippen LogP contribution >= 0.6 is 0 Å². The Labute approximate surface area is 141 Å². The molecule has 0 aliphatic carbocycles. The maximum atomic E-state index is 11.6. The highest BCUT2D eigenvalue weighted by Gasteiger charge is 2.22. The number of hydrogen-bond donors (Lipinski definition) is 5. The summed E-state index contributed by atoms with van der Waals surface area (Å²) in [5, 5.41) is 9.34. The Morgan fingerprint density at radius 1 is 1.50 bits per heavy atom. The van der Waals surface area contributed by atoms with Crippen molar-refractivity contribution in [3.05, 3.63) is 41.6 Å². The van der Waals surface area contributed by atoms with Gasteiger partial charge in [-0.3, -0.25) is 10.1 Å². The Hall–Kier alpha value is -2.42. The third-order valence-corrected chi connectivity index (χ3v) is 3.49. The molecule has 2 rings (SSSR count). The molecule has 0 saturated carbocycles. The van der Waals surface area contributed by atoms with Gasteiger partial charge in [-0.05, 0) is 24.6 Å². The number of hydrogen-bond acceptors (Lipinski definition) is 7. The van der Waals surface area contributed by atoms with Gasteiger partial charge in [0.05, 0.1) is 12.2 Å². The zero-order chi connectivity index (χ0) is 17.5. The lowest BCUT2D eigenvalue weighted by molar-refractivity contribution is -0.114. The molecule has 8 heteroatoms. The second-order valence-electron chi connectivity index (χ2n) is 5.52. The highest BCUT2D eigenvalue weighted by molar-refractivity contribution is 6.25. The maximum Gasteiger partial charge on any atom is 0.253 e. The first-order valence-corrected chi connectivity index (χ1v) is 7.66. The van der Waals surface area contributed by atoms with E-state index in [1.165, 1.54) is 0 Å². The lowest BCUT2D eigenvalue weighted by Gasteiger charge is -2.26. The van der Waals surface area contributed by atoms with E-state index >= 15 is 0 Å². The molecule has 0 saturated heterocycles. The van der Waals surface area contributed by atoms with Crippen LogP contribution in [0.5, 0.6) is 0 Å². The summed E-state index contributed by atoms with van der Waals surface area (Å²) < 4.78 is 5.11. The Balaban J connectivity index is 2.17. The number of aliphatic imine (C=N–C) groups is 1. The Morgan fingerprint density at radius 2 is 2.29 bits per heavy atom. The van der Waals surface area contributed by atoms with E-state index in [0.29, 0.717) is 19.0 Å². The van der Waals surface area contributed by atoms with E-state index in [1.54, 1.807) is 13.3 Å². The van der Waals surface area contributed by atoms with E-state index in [2.05, 4.69) is 20.9 Å². The lowest BCUT2D eigenvalue weighted by Crippen LogP contribution is -2.52. The quantitative estimate of drug-likeness (QED) is 0.463. The monoisotopic (exact) mass is 332 g/mol. The van der Waals surface area contributed by atoms with Crippen molar-refractivity contribution in [1.82, 2.24) is 10.6 Å². The molecule has 1 aliphatic heterocycles. The third kappa shape index (κ3) is 4.79. The van der Waals surface area contributed by atoms with Gasteiger partial charge in [-0.15, -0.1) is 0 Å². The summed E-state index contributed by atoms with van der Waals surface area (Å²) >= 11 is 0. The number of nitrogens with zero attached hydrogens (tertiary/aromatic N) is 1. The Bertz CT molecular complexity index is 643. The number of ether oxygens (including phenoxy) is 1. The first-order valence-electron chi connectivity index (χ1n) is 7.66. The van der Waals surface area contributed by atoms with E-state index in [9.17, 15) is 4.79 Å². The van der Waals surface area contributed by atoms with Gasteiger partial charge in [-0.2, -0.15) is 0 Å². The van der Waals surface area contributed by atoms with Crippen LogP contribution in [0, 0.1) is 6.92 Å². The normalized spacial score (nSPS) is 18.2. The average Bonchev–Trinajstić information content (AvgIpc) is 2.54. The van der Waals surface area contributed by atoms with Crippen molar-refractivity contribution >= 4 is 17.4 Å². The van der Waals surface area contributed by atoms with Gasteiger partial charge in [0.1, 0.15) is 5.84 Å². The minimum atomic E-state index is -0.563. The largest absolute Gasteiger partial charge is 0.383 e. The van der Waals surface area contributed by atoms with Crippen LogP contribution in [0.1, 0.15) is 5.56 Å². The van der Waals surface area contributed by atoms with Crippen LogP contribution in [0.25, 0.3) is 0 Å². The first-order chi connectivity index (χ1) is 11.5. The van der Waals surface area contributed by atoms with Crippen LogP contribution in [0.3, 0.4) is 0 Å². The molecule has 1 aliphatic rings. The number of aryl methyl sites for hydroxylation is 1. The van der Waals surface area contributed by atoms with E-state index in [1.807, 2.05) is 31.2 Å². The maximum absolute atomic E-state index is 11.6. The first kappa shape index (κ1) is 17.9. The SMILES string of the molecule is COC[C@H](CN)NC1N=C(Nc2cccc(C)c2)C(C(N)=O)=CN1.